The zero-order chi connectivity index (χ0) is 22.6. The minimum Gasteiger partial charge on any atom is -0.469 e. The molecule has 0 heterocycles. The molecular weight excluding hydrogens is 388 g/mol. The highest BCUT2D eigenvalue weighted by atomic mass is 16.5. The minimum absolute atomic E-state index is 0.0636. The van der Waals surface area contributed by atoms with Crippen LogP contribution in [-0.4, -0.2) is 24.6 Å². The standard InChI is InChI=1S/C27H42O4/c1-6-18-22-15-17(28)11-13-27(22,4)21-12-14-26(3)19(16(2)7-10-23(29)31-5)8-9-20(26)24(21)25(18)30/h16,18-22,24H,6-15H2,1-5H3/t16-,18-,19-,20?,21?,22+,24?,26-,27-/m1/s1. The Labute approximate surface area is 188 Å². The summed E-state index contributed by atoms with van der Waals surface area (Å²) in [4.78, 5) is 38.0. The van der Waals surface area contributed by atoms with Gasteiger partial charge in [0.05, 0.1) is 7.11 Å². The lowest BCUT2D eigenvalue weighted by Gasteiger charge is -2.61. The van der Waals surface area contributed by atoms with Gasteiger partial charge < -0.3 is 4.74 Å². The molecule has 0 aromatic heterocycles. The first-order valence-electron chi connectivity index (χ1n) is 12.8. The van der Waals surface area contributed by atoms with E-state index in [1.807, 2.05) is 0 Å². The number of carbonyl (C=O) groups is 3. The van der Waals surface area contributed by atoms with E-state index in [1.165, 1.54) is 20.0 Å². The lowest BCUT2D eigenvalue weighted by Crippen LogP contribution is -2.60. The third-order valence-electron chi connectivity index (χ3n) is 10.8. The molecule has 9 atom stereocenters. The van der Waals surface area contributed by atoms with E-state index < -0.39 is 0 Å². The summed E-state index contributed by atoms with van der Waals surface area (Å²) >= 11 is 0. The number of carbonyl (C=O) groups excluding carboxylic acids is 3. The molecule has 0 N–H and O–H groups in total. The van der Waals surface area contributed by atoms with Crippen molar-refractivity contribution in [3.05, 3.63) is 0 Å². The highest BCUT2D eigenvalue weighted by Crippen LogP contribution is 2.68. The SMILES string of the molecule is CC[C@H]1C(=O)C2C3CC[C@H]([C@H](C)CCC(=O)OC)[C@@]3(C)CCC2[C@@]2(C)CCC(=O)C[C@@H]12. The molecule has 31 heavy (non-hydrogen) atoms. The summed E-state index contributed by atoms with van der Waals surface area (Å²) in [5.74, 6) is 3.21. The molecule has 4 nitrogen and oxygen atoms in total. The van der Waals surface area contributed by atoms with E-state index >= 15 is 0 Å². The summed E-state index contributed by atoms with van der Waals surface area (Å²) < 4.78 is 4.87. The van der Waals surface area contributed by atoms with E-state index in [0.717, 1.165) is 32.1 Å². The van der Waals surface area contributed by atoms with Crippen molar-refractivity contribution >= 4 is 17.5 Å². The Hall–Kier alpha value is -1.19. The largest absolute Gasteiger partial charge is 0.469 e. The average molecular weight is 431 g/mol. The van der Waals surface area contributed by atoms with Crippen molar-refractivity contribution in [1.29, 1.82) is 0 Å². The summed E-state index contributed by atoms with van der Waals surface area (Å²) in [6.45, 7) is 9.32. The monoisotopic (exact) mass is 430 g/mol. The van der Waals surface area contributed by atoms with E-state index in [4.69, 9.17) is 4.74 Å². The van der Waals surface area contributed by atoms with Crippen molar-refractivity contribution in [2.45, 2.75) is 91.9 Å². The van der Waals surface area contributed by atoms with Crippen molar-refractivity contribution < 1.29 is 19.1 Å². The zero-order valence-electron chi connectivity index (χ0n) is 20.2. The molecule has 4 aliphatic carbocycles. The first kappa shape index (κ1) is 23.0. The van der Waals surface area contributed by atoms with Crippen LogP contribution in [-0.2, 0) is 19.1 Å². The Morgan fingerprint density at radius 3 is 2.45 bits per heavy atom. The molecule has 4 heteroatoms. The second kappa shape index (κ2) is 8.30. The van der Waals surface area contributed by atoms with E-state index in [-0.39, 0.29) is 34.6 Å². The van der Waals surface area contributed by atoms with Gasteiger partial charge in [0.2, 0.25) is 0 Å². The molecule has 0 aliphatic heterocycles. The van der Waals surface area contributed by atoms with Crippen LogP contribution in [0.15, 0.2) is 0 Å². The van der Waals surface area contributed by atoms with Crippen LogP contribution in [0.2, 0.25) is 0 Å². The molecular formula is C27H42O4. The molecule has 0 amide bonds. The number of ether oxygens (including phenoxy) is 1. The van der Waals surface area contributed by atoms with E-state index in [1.54, 1.807) is 0 Å². The predicted molar refractivity (Wildman–Crippen MR) is 120 cm³/mol. The van der Waals surface area contributed by atoms with Gasteiger partial charge in [0.25, 0.3) is 0 Å². The van der Waals surface area contributed by atoms with Crippen molar-refractivity contribution in [2.75, 3.05) is 7.11 Å². The van der Waals surface area contributed by atoms with Gasteiger partial charge in [-0.15, -0.1) is 0 Å². The third kappa shape index (κ3) is 3.51. The summed E-state index contributed by atoms with van der Waals surface area (Å²) in [5.41, 5.74) is 0.335. The van der Waals surface area contributed by atoms with Gasteiger partial charge in [-0.3, -0.25) is 14.4 Å². The van der Waals surface area contributed by atoms with Gasteiger partial charge in [-0.25, -0.2) is 0 Å². The highest BCUT2D eigenvalue weighted by Gasteiger charge is 2.65. The van der Waals surface area contributed by atoms with Gasteiger partial charge in [-0.2, -0.15) is 0 Å². The Morgan fingerprint density at radius 2 is 1.77 bits per heavy atom. The topological polar surface area (TPSA) is 60.4 Å². The Balaban J connectivity index is 1.60. The number of Topliss-reactive ketones (excluding diaryl/α,β-unsaturated/α-hetero) is 2. The smallest absolute Gasteiger partial charge is 0.305 e. The fourth-order valence-electron chi connectivity index (χ4n) is 9.07. The maximum atomic E-state index is 13.9. The molecule has 3 unspecified atom stereocenters. The van der Waals surface area contributed by atoms with Crippen LogP contribution in [0.25, 0.3) is 0 Å². The van der Waals surface area contributed by atoms with Crippen LogP contribution in [0.1, 0.15) is 91.9 Å². The van der Waals surface area contributed by atoms with Crippen molar-refractivity contribution in [2.24, 2.45) is 52.3 Å². The van der Waals surface area contributed by atoms with Crippen LogP contribution in [0.5, 0.6) is 0 Å². The summed E-state index contributed by atoms with van der Waals surface area (Å²) in [7, 11) is 1.46. The Morgan fingerprint density at radius 1 is 1.06 bits per heavy atom. The number of ketones is 2. The number of fused-ring (bicyclic) bond motifs is 5. The number of hydrogen-bond acceptors (Lipinski definition) is 4. The summed E-state index contributed by atoms with van der Waals surface area (Å²) in [6.07, 6.45) is 9.18. The molecule has 4 fully saturated rings. The molecule has 4 rings (SSSR count). The lowest BCUT2D eigenvalue weighted by atomic mass is 9.42. The van der Waals surface area contributed by atoms with Gasteiger partial charge in [-0.1, -0.05) is 27.7 Å². The first-order valence-corrected chi connectivity index (χ1v) is 12.8. The number of methoxy groups -OCH3 is 1. The van der Waals surface area contributed by atoms with Gasteiger partial charge in [0, 0.05) is 31.1 Å². The second-order valence-electron chi connectivity index (χ2n) is 11.8. The molecule has 0 radical (unpaired) electrons. The normalized spacial score (nSPS) is 45.5. The Bertz CT molecular complexity index is 744. The molecule has 0 aromatic rings. The molecule has 174 valence electrons. The summed E-state index contributed by atoms with van der Waals surface area (Å²) in [6, 6.07) is 0. The first-order chi connectivity index (χ1) is 14.7. The van der Waals surface area contributed by atoms with Gasteiger partial charge >= 0.3 is 5.97 Å². The highest BCUT2D eigenvalue weighted by molar-refractivity contribution is 5.88. The number of hydrogen-bond donors (Lipinski definition) is 0. The van der Waals surface area contributed by atoms with Crippen molar-refractivity contribution in [3.8, 4) is 0 Å². The number of rotatable bonds is 5. The lowest BCUT2D eigenvalue weighted by molar-refractivity contribution is -0.169. The maximum Gasteiger partial charge on any atom is 0.305 e. The van der Waals surface area contributed by atoms with Gasteiger partial charge in [0.1, 0.15) is 11.6 Å². The number of esters is 1. The van der Waals surface area contributed by atoms with Gasteiger partial charge in [-0.05, 0) is 85.4 Å². The molecule has 4 saturated carbocycles. The van der Waals surface area contributed by atoms with E-state index in [0.29, 0.717) is 54.5 Å². The molecule has 0 spiro atoms. The third-order valence-corrected chi connectivity index (χ3v) is 10.8. The molecule has 4 aliphatic rings. The van der Waals surface area contributed by atoms with Crippen LogP contribution < -0.4 is 0 Å². The molecule has 0 bridgehead atoms. The van der Waals surface area contributed by atoms with E-state index in [2.05, 4.69) is 27.7 Å². The van der Waals surface area contributed by atoms with Gasteiger partial charge in [0.15, 0.2) is 0 Å². The molecule has 0 saturated heterocycles. The predicted octanol–water partition coefficient (Wildman–Crippen LogP) is 5.62. The fraction of sp³-hybridized carbons (Fsp3) is 0.889. The summed E-state index contributed by atoms with van der Waals surface area (Å²) in [5, 5.41) is 0. The van der Waals surface area contributed by atoms with Crippen molar-refractivity contribution in [1.82, 2.24) is 0 Å². The van der Waals surface area contributed by atoms with Crippen LogP contribution in [0, 0.1) is 52.3 Å². The van der Waals surface area contributed by atoms with Crippen molar-refractivity contribution in [3.63, 3.8) is 0 Å². The molecule has 0 aromatic carbocycles. The van der Waals surface area contributed by atoms with Crippen LogP contribution in [0.4, 0.5) is 0 Å². The van der Waals surface area contributed by atoms with Crippen LogP contribution in [0.3, 0.4) is 0 Å². The zero-order valence-corrected chi connectivity index (χ0v) is 20.2. The fourth-order valence-corrected chi connectivity index (χ4v) is 9.07. The second-order valence-corrected chi connectivity index (χ2v) is 11.8. The maximum absolute atomic E-state index is 13.9. The van der Waals surface area contributed by atoms with E-state index in [9.17, 15) is 14.4 Å². The Kier molecular flexibility index (Phi) is 6.15. The van der Waals surface area contributed by atoms with Crippen LogP contribution >= 0.6 is 0 Å². The quantitative estimate of drug-likeness (QED) is 0.531. The minimum atomic E-state index is -0.116. The average Bonchev–Trinajstić information content (AvgIpc) is 3.10.